The summed E-state index contributed by atoms with van der Waals surface area (Å²) in [6.45, 7) is 3.15. The van der Waals surface area contributed by atoms with Gasteiger partial charge in [-0.1, -0.05) is 60.7 Å². The third-order valence-corrected chi connectivity index (χ3v) is 8.45. The van der Waals surface area contributed by atoms with Gasteiger partial charge in [-0.05, 0) is 43.2 Å². The molecule has 0 aliphatic rings. The molecule has 1 unspecified atom stereocenters. The molecule has 1 aromatic heterocycles. The average molecular weight is 648 g/mol. The summed E-state index contributed by atoms with van der Waals surface area (Å²) in [5.41, 5.74) is 0.590. The second-order valence-electron chi connectivity index (χ2n) is 9.80. The zero-order valence-electron chi connectivity index (χ0n) is 24.7. The fraction of sp³-hybridized carbons (Fsp3) is 0.323. The molecular weight excluding hydrogens is 614 g/mol. The molecule has 45 heavy (non-hydrogen) atoms. The number of nitrogens with one attached hydrogen (secondary N) is 1. The third kappa shape index (κ3) is 9.40. The molecule has 0 radical (unpaired) electrons. The van der Waals surface area contributed by atoms with Gasteiger partial charge in [-0.25, -0.2) is 14.6 Å². The number of rotatable bonds is 14. The molecule has 0 aliphatic carbocycles. The first-order valence-electron chi connectivity index (χ1n) is 14.1. The highest BCUT2D eigenvalue weighted by Crippen LogP contribution is 2.50. The molecule has 1 N–H and O–H groups in total. The Bertz CT molecular complexity index is 1620. The van der Waals surface area contributed by atoms with Crippen LogP contribution in [-0.2, 0) is 60.0 Å². The van der Waals surface area contributed by atoms with Crippen LogP contribution in [0, 0.1) is 0 Å². The van der Waals surface area contributed by atoms with Gasteiger partial charge >= 0.3 is 25.8 Å². The van der Waals surface area contributed by atoms with Crippen LogP contribution in [0.25, 0.3) is 11.0 Å². The molecule has 14 heteroatoms. The number of amides is 1. The summed E-state index contributed by atoms with van der Waals surface area (Å²) in [4.78, 5) is 30.5. The number of hydrogen-bond donors (Lipinski definition) is 1. The molecule has 0 fully saturated rings. The van der Waals surface area contributed by atoms with Crippen molar-refractivity contribution in [2.45, 2.75) is 52.0 Å². The second kappa shape index (κ2) is 15.2. The maximum absolute atomic E-state index is 13.5. The molecule has 240 valence electrons. The van der Waals surface area contributed by atoms with E-state index in [1.807, 2.05) is 6.07 Å². The number of fused-ring (bicyclic) bond motifs is 1. The van der Waals surface area contributed by atoms with Crippen LogP contribution in [0.15, 0.2) is 78.9 Å². The van der Waals surface area contributed by atoms with E-state index in [0.717, 1.165) is 12.1 Å². The van der Waals surface area contributed by atoms with Gasteiger partial charge in [0.25, 0.3) is 0 Å². The SMILES string of the molecule is CCOP(=O)(Cn1c(CC(NC(=O)OCc2ccccc2)C(=O)OCc2ccccc2)nc2cc(C(F)(F)F)ccc21)OCC. The zero-order chi connectivity index (χ0) is 32.5. The number of benzene rings is 3. The smallest absolute Gasteiger partial charge is 0.416 e. The Labute approximate surface area is 258 Å². The van der Waals surface area contributed by atoms with E-state index >= 15 is 0 Å². The Morgan fingerprint density at radius 3 is 2.02 bits per heavy atom. The lowest BCUT2D eigenvalue weighted by Gasteiger charge is -2.21. The third-order valence-electron chi connectivity index (χ3n) is 6.52. The van der Waals surface area contributed by atoms with Gasteiger partial charge in [0, 0.05) is 6.42 Å². The Balaban J connectivity index is 1.68. The number of alkyl halides is 3. The van der Waals surface area contributed by atoms with Gasteiger partial charge in [0.05, 0.1) is 29.8 Å². The van der Waals surface area contributed by atoms with Crippen LogP contribution in [0.1, 0.15) is 36.4 Å². The van der Waals surface area contributed by atoms with Gasteiger partial charge in [-0.3, -0.25) is 4.57 Å². The average Bonchev–Trinajstić information content (AvgIpc) is 3.34. The molecule has 10 nitrogen and oxygen atoms in total. The fourth-order valence-corrected chi connectivity index (χ4v) is 6.15. The summed E-state index contributed by atoms with van der Waals surface area (Å²) in [5, 5.41) is 2.49. The van der Waals surface area contributed by atoms with E-state index in [2.05, 4.69) is 10.3 Å². The van der Waals surface area contributed by atoms with E-state index in [9.17, 15) is 27.3 Å². The predicted molar refractivity (Wildman–Crippen MR) is 159 cm³/mol. The Morgan fingerprint density at radius 2 is 1.47 bits per heavy atom. The van der Waals surface area contributed by atoms with Gasteiger partial charge < -0.3 is 28.4 Å². The highest BCUT2D eigenvalue weighted by Gasteiger charge is 2.34. The summed E-state index contributed by atoms with van der Waals surface area (Å²) < 4.78 is 77.1. The van der Waals surface area contributed by atoms with Crippen LogP contribution in [-0.4, -0.2) is 40.9 Å². The predicted octanol–water partition coefficient (Wildman–Crippen LogP) is 6.86. The monoisotopic (exact) mass is 647 g/mol. The number of esters is 1. The number of alkyl carbamates (subject to hydrolysis) is 1. The molecule has 0 spiro atoms. The fourth-order valence-electron chi connectivity index (χ4n) is 4.47. The molecule has 0 saturated heterocycles. The van der Waals surface area contributed by atoms with Crippen LogP contribution in [0.5, 0.6) is 0 Å². The molecule has 0 aliphatic heterocycles. The summed E-state index contributed by atoms with van der Waals surface area (Å²) in [7, 11) is -3.80. The van der Waals surface area contributed by atoms with Crippen molar-refractivity contribution in [3.63, 3.8) is 0 Å². The Morgan fingerprint density at radius 1 is 0.889 bits per heavy atom. The number of carbonyl (C=O) groups is 2. The molecule has 4 aromatic rings. The highest BCUT2D eigenvalue weighted by atomic mass is 31.2. The van der Waals surface area contributed by atoms with Crippen molar-refractivity contribution < 1.29 is 45.8 Å². The van der Waals surface area contributed by atoms with Crippen molar-refractivity contribution in [3.05, 3.63) is 101 Å². The first-order valence-corrected chi connectivity index (χ1v) is 15.9. The van der Waals surface area contributed by atoms with Gasteiger partial charge in [0.1, 0.15) is 31.4 Å². The molecule has 0 saturated carbocycles. The van der Waals surface area contributed by atoms with Gasteiger partial charge in [0.2, 0.25) is 0 Å². The van der Waals surface area contributed by atoms with Crippen molar-refractivity contribution in [2.75, 3.05) is 13.2 Å². The van der Waals surface area contributed by atoms with E-state index in [1.165, 1.54) is 10.6 Å². The quantitative estimate of drug-likeness (QED) is 0.117. The minimum Gasteiger partial charge on any atom is -0.459 e. The summed E-state index contributed by atoms with van der Waals surface area (Å²) >= 11 is 0. The maximum Gasteiger partial charge on any atom is 0.416 e. The summed E-state index contributed by atoms with van der Waals surface area (Å²) in [5.74, 6) is -0.808. The first-order chi connectivity index (χ1) is 21.5. The van der Waals surface area contributed by atoms with Crippen molar-refractivity contribution in [2.24, 2.45) is 0 Å². The van der Waals surface area contributed by atoms with Gasteiger partial charge in [-0.15, -0.1) is 0 Å². The van der Waals surface area contributed by atoms with Gasteiger partial charge in [-0.2, -0.15) is 13.2 Å². The lowest BCUT2D eigenvalue weighted by molar-refractivity contribution is -0.147. The number of halogens is 3. The van der Waals surface area contributed by atoms with Crippen LogP contribution in [0.4, 0.5) is 18.0 Å². The molecule has 0 bridgehead atoms. The summed E-state index contributed by atoms with van der Waals surface area (Å²) in [6, 6.07) is 19.3. The normalized spacial score (nSPS) is 12.6. The Kier molecular flexibility index (Phi) is 11.4. The zero-order valence-corrected chi connectivity index (χ0v) is 25.6. The topological polar surface area (TPSA) is 118 Å². The number of ether oxygens (including phenoxy) is 2. The van der Waals surface area contributed by atoms with Crippen molar-refractivity contribution in [1.29, 1.82) is 0 Å². The number of nitrogens with zero attached hydrogens (tertiary/aromatic N) is 2. The molecule has 1 atom stereocenters. The van der Waals surface area contributed by atoms with Gasteiger partial charge in [0.15, 0.2) is 0 Å². The van der Waals surface area contributed by atoms with E-state index < -0.39 is 43.7 Å². The molecular formula is C31H33F3N3O7P. The maximum atomic E-state index is 13.5. The lowest BCUT2D eigenvalue weighted by atomic mass is 10.2. The van der Waals surface area contributed by atoms with Crippen molar-refractivity contribution in [3.8, 4) is 0 Å². The van der Waals surface area contributed by atoms with Crippen LogP contribution in [0.2, 0.25) is 0 Å². The van der Waals surface area contributed by atoms with Crippen LogP contribution >= 0.6 is 7.60 Å². The minimum atomic E-state index is -4.64. The molecule has 1 heterocycles. The largest absolute Gasteiger partial charge is 0.459 e. The summed E-state index contributed by atoms with van der Waals surface area (Å²) in [6.07, 6.45) is -6.33. The number of aromatic nitrogens is 2. The molecule has 3 aromatic carbocycles. The first kappa shape index (κ1) is 33.7. The molecule has 1 amide bonds. The number of imidazole rings is 1. The minimum absolute atomic E-state index is 0.0361. The van der Waals surface area contributed by atoms with Crippen molar-refractivity contribution >= 4 is 30.7 Å². The highest BCUT2D eigenvalue weighted by molar-refractivity contribution is 7.52. The number of hydrogen-bond acceptors (Lipinski definition) is 8. The van der Waals surface area contributed by atoms with E-state index in [0.29, 0.717) is 11.1 Å². The van der Waals surface area contributed by atoms with E-state index in [4.69, 9.17) is 18.5 Å². The van der Waals surface area contributed by atoms with E-state index in [1.54, 1.807) is 68.4 Å². The van der Waals surface area contributed by atoms with Crippen LogP contribution < -0.4 is 5.32 Å². The number of carbonyl (C=O) groups excluding carboxylic acids is 2. The van der Waals surface area contributed by atoms with Crippen LogP contribution in [0.3, 0.4) is 0 Å². The Hall–Kier alpha value is -4.19. The standard InChI is InChI=1S/C31H33F3N3O7P/c1-3-43-45(40,44-4-2)21-37-27-16-15-24(31(32,33)34)17-25(27)35-28(37)18-26(29(38)41-19-22-11-7-5-8-12-22)36-30(39)42-20-23-13-9-6-10-14-23/h5-17,26H,3-4,18-21H2,1-2H3,(H,36,39). The van der Waals surface area contributed by atoms with Crippen molar-refractivity contribution in [1.82, 2.24) is 14.9 Å². The second-order valence-corrected chi connectivity index (χ2v) is 11.8. The van der Waals surface area contributed by atoms with E-state index in [-0.39, 0.29) is 49.7 Å². The lowest BCUT2D eigenvalue weighted by Crippen LogP contribution is -2.44. The molecule has 4 rings (SSSR count).